The van der Waals surface area contributed by atoms with Crippen LogP contribution in [0.2, 0.25) is 0 Å². The Labute approximate surface area is 143 Å². The summed E-state index contributed by atoms with van der Waals surface area (Å²) in [5.74, 6) is 0.147. The molecule has 1 saturated carbocycles. The van der Waals surface area contributed by atoms with Gasteiger partial charge in [0.1, 0.15) is 5.60 Å². The second-order valence-electron chi connectivity index (χ2n) is 7.74. The molecule has 0 aromatic heterocycles. The SMILES string of the molecule is CC(C)(C)OC(=O)N[C@H]1CC[C@H](N2Cc3ccccc3C2=O)CC1. The second-order valence-corrected chi connectivity index (χ2v) is 7.74. The largest absolute Gasteiger partial charge is 0.444 e. The van der Waals surface area contributed by atoms with Crippen molar-refractivity contribution in [2.75, 3.05) is 0 Å². The molecule has 0 spiro atoms. The van der Waals surface area contributed by atoms with Crippen molar-refractivity contribution in [1.29, 1.82) is 0 Å². The van der Waals surface area contributed by atoms with E-state index >= 15 is 0 Å². The van der Waals surface area contributed by atoms with Crippen LogP contribution in [0.3, 0.4) is 0 Å². The van der Waals surface area contributed by atoms with Gasteiger partial charge in [0.25, 0.3) is 5.91 Å². The molecule has 1 N–H and O–H groups in total. The first-order valence-corrected chi connectivity index (χ1v) is 8.72. The highest BCUT2D eigenvalue weighted by molar-refractivity contribution is 5.98. The molecule has 1 fully saturated rings. The van der Waals surface area contributed by atoms with Gasteiger partial charge in [-0.3, -0.25) is 4.79 Å². The van der Waals surface area contributed by atoms with Gasteiger partial charge in [0.15, 0.2) is 0 Å². The van der Waals surface area contributed by atoms with Crippen LogP contribution in [0.25, 0.3) is 0 Å². The molecule has 0 atom stereocenters. The molecular weight excluding hydrogens is 304 g/mol. The summed E-state index contributed by atoms with van der Waals surface area (Å²) in [6.45, 7) is 6.30. The lowest BCUT2D eigenvalue weighted by Crippen LogP contribution is -2.45. The number of carbonyl (C=O) groups excluding carboxylic acids is 2. The number of carbonyl (C=O) groups is 2. The lowest BCUT2D eigenvalue weighted by atomic mass is 9.90. The van der Waals surface area contributed by atoms with Crippen LogP contribution in [0, 0.1) is 0 Å². The highest BCUT2D eigenvalue weighted by Gasteiger charge is 2.35. The van der Waals surface area contributed by atoms with Gasteiger partial charge in [0.2, 0.25) is 0 Å². The van der Waals surface area contributed by atoms with Crippen molar-refractivity contribution in [1.82, 2.24) is 10.2 Å². The zero-order valence-corrected chi connectivity index (χ0v) is 14.7. The third-order valence-corrected chi connectivity index (χ3v) is 4.71. The van der Waals surface area contributed by atoms with Crippen molar-refractivity contribution in [3.63, 3.8) is 0 Å². The third-order valence-electron chi connectivity index (χ3n) is 4.71. The number of hydrogen-bond donors (Lipinski definition) is 1. The summed E-state index contributed by atoms with van der Waals surface area (Å²) in [7, 11) is 0. The first kappa shape index (κ1) is 16.8. The third kappa shape index (κ3) is 3.71. The molecule has 0 saturated heterocycles. The highest BCUT2D eigenvalue weighted by Crippen LogP contribution is 2.31. The molecule has 5 nitrogen and oxygen atoms in total. The van der Waals surface area contributed by atoms with E-state index in [0.717, 1.165) is 36.8 Å². The van der Waals surface area contributed by atoms with Crippen LogP contribution in [-0.2, 0) is 11.3 Å². The van der Waals surface area contributed by atoms with Gasteiger partial charge in [-0.25, -0.2) is 4.79 Å². The van der Waals surface area contributed by atoms with Gasteiger partial charge < -0.3 is 15.0 Å². The molecule has 3 rings (SSSR count). The maximum atomic E-state index is 12.5. The quantitative estimate of drug-likeness (QED) is 0.903. The zero-order chi connectivity index (χ0) is 17.3. The summed E-state index contributed by atoms with van der Waals surface area (Å²) in [5.41, 5.74) is 1.48. The fourth-order valence-corrected chi connectivity index (χ4v) is 3.58. The van der Waals surface area contributed by atoms with Gasteiger partial charge in [-0.2, -0.15) is 0 Å². The van der Waals surface area contributed by atoms with Gasteiger partial charge in [-0.15, -0.1) is 0 Å². The fraction of sp³-hybridized carbons (Fsp3) is 0.579. The van der Waals surface area contributed by atoms with Crippen molar-refractivity contribution < 1.29 is 14.3 Å². The Balaban J connectivity index is 1.51. The molecule has 1 aromatic rings. The summed E-state index contributed by atoms with van der Waals surface area (Å²) in [6, 6.07) is 8.24. The van der Waals surface area contributed by atoms with Gasteiger partial charge in [0.05, 0.1) is 0 Å². The van der Waals surface area contributed by atoms with Crippen LogP contribution in [0.4, 0.5) is 4.79 Å². The summed E-state index contributed by atoms with van der Waals surface area (Å²) >= 11 is 0. The van der Waals surface area contributed by atoms with Crippen molar-refractivity contribution in [2.45, 2.75) is 70.7 Å². The van der Waals surface area contributed by atoms with Crippen molar-refractivity contribution in [3.05, 3.63) is 35.4 Å². The smallest absolute Gasteiger partial charge is 0.407 e. The fourth-order valence-electron chi connectivity index (χ4n) is 3.58. The number of ether oxygens (including phenoxy) is 1. The average Bonchev–Trinajstić information content (AvgIpc) is 2.84. The normalized spacial score (nSPS) is 23.8. The van der Waals surface area contributed by atoms with Crippen LogP contribution in [0.1, 0.15) is 62.4 Å². The van der Waals surface area contributed by atoms with Crippen LogP contribution in [0.5, 0.6) is 0 Å². The maximum Gasteiger partial charge on any atom is 0.407 e. The maximum absolute atomic E-state index is 12.5. The molecule has 0 bridgehead atoms. The van der Waals surface area contributed by atoms with Crippen molar-refractivity contribution in [2.24, 2.45) is 0 Å². The number of nitrogens with one attached hydrogen (secondary N) is 1. The standard InChI is InChI=1S/C19H26N2O3/c1-19(2,3)24-18(23)20-14-8-10-15(11-9-14)21-12-13-6-4-5-7-16(13)17(21)22/h4-7,14-15H,8-12H2,1-3H3,(H,20,23)/t14-,15-. The Kier molecular flexibility index (Phi) is 4.52. The lowest BCUT2D eigenvalue weighted by molar-refractivity contribution is 0.0461. The lowest BCUT2D eigenvalue weighted by Gasteiger charge is -2.35. The van der Waals surface area contributed by atoms with E-state index in [1.165, 1.54) is 0 Å². The summed E-state index contributed by atoms with van der Waals surface area (Å²) in [5, 5.41) is 2.95. The number of amides is 2. The highest BCUT2D eigenvalue weighted by atomic mass is 16.6. The Hall–Kier alpha value is -2.04. The van der Waals surface area contributed by atoms with E-state index in [0.29, 0.717) is 6.54 Å². The minimum Gasteiger partial charge on any atom is -0.444 e. The number of benzene rings is 1. The van der Waals surface area contributed by atoms with Crippen LogP contribution >= 0.6 is 0 Å². The molecule has 1 heterocycles. The second kappa shape index (κ2) is 6.46. The summed E-state index contributed by atoms with van der Waals surface area (Å²) < 4.78 is 5.31. The predicted octanol–water partition coefficient (Wildman–Crippen LogP) is 3.48. The molecular formula is C19H26N2O3. The van der Waals surface area contributed by atoms with E-state index in [1.807, 2.05) is 49.9 Å². The van der Waals surface area contributed by atoms with Gasteiger partial charge >= 0.3 is 6.09 Å². The van der Waals surface area contributed by atoms with Crippen LogP contribution in [-0.4, -0.2) is 34.6 Å². The number of alkyl carbamates (subject to hydrolysis) is 1. The summed E-state index contributed by atoms with van der Waals surface area (Å²) in [4.78, 5) is 26.4. The molecule has 1 aromatic carbocycles. The van der Waals surface area contributed by atoms with Crippen molar-refractivity contribution >= 4 is 12.0 Å². The monoisotopic (exact) mass is 330 g/mol. The molecule has 1 aliphatic heterocycles. The zero-order valence-electron chi connectivity index (χ0n) is 14.7. The molecule has 0 radical (unpaired) electrons. The molecule has 24 heavy (non-hydrogen) atoms. The van der Waals surface area contributed by atoms with Crippen LogP contribution in [0.15, 0.2) is 24.3 Å². The van der Waals surface area contributed by atoms with Gasteiger partial charge in [-0.05, 0) is 58.1 Å². The van der Waals surface area contributed by atoms with Crippen LogP contribution < -0.4 is 5.32 Å². The first-order valence-electron chi connectivity index (χ1n) is 8.72. The molecule has 2 aliphatic rings. The van der Waals surface area contributed by atoms with E-state index in [-0.39, 0.29) is 24.1 Å². The van der Waals surface area contributed by atoms with E-state index < -0.39 is 5.60 Å². The minimum absolute atomic E-state index is 0.135. The number of rotatable bonds is 2. The van der Waals surface area contributed by atoms with E-state index in [4.69, 9.17) is 4.74 Å². The Morgan fingerprint density at radius 3 is 2.46 bits per heavy atom. The van der Waals surface area contributed by atoms with Gasteiger partial charge in [0, 0.05) is 24.2 Å². The molecule has 0 unspecified atom stereocenters. The Bertz CT molecular complexity index is 628. The first-order chi connectivity index (χ1) is 11.3. The van der Waals surface area contributed by atoms with E-state index in [2.05, 4.69) is 5.32 Å². The van der Waals surface area contributed by atoms with E-state index in [9.17, 15) is 9.59 Å². The predicted molar refractivity (Wildman–Crippen MR) is 91.7 cm³/mol. The molecule has 2 amide bonds. The number of fused-ring (bicyclic) bond motifs is 1. The topological polar surface area (TPSA) is 58.6 Å². The van der Waals surface area contributed by atoms with Crippen molar-refractivity contribution in [3.8, 4) is 0 Å². The average molecular weight is 330 g/mol. The Morgan fingerprint density at radius 1 is 1.17 bits per heavy atom. The number of nitrogens with zero attached hydrogens (tertiary/aromatic N) is 1. The summed E-state index contributed by atoms with van der Waals surface area (Å²) in [6.07, 6.45) is 3.24. The minimum atomic E-state index is -0.477. The molecule has 1 aliphatic carbocycles. The Morgan fingerprint density at radius 2 is 1.83 bits per heavy atom. The molecule has 5 heteroatoms. The van der Waals surface area contributed by atoms with E-state index in [1.54, 1.807) is 0 Å². The van der Waals surface area contributed by atoms with Gasteiger partial charge in [-0.1, -0.05) is 18.2 Å². The number of hydrogen-bond acceptors (Lipinski definition) is 3. The molecule has 130 valence electrons.